The van der Waals surface area contributed by atoms with E-state index in [0.29, 0.717) is 6.42 Å². The Kier molecular flexibility index (Phi) is 5.53. The van der Waals surface area contributed by atoms with Crippen molar-refractivity contribution in [2.24, 2.45) is 0 Å². The second-order valence-corrected chi connectivity index (χ2v) is 7.03. The molecule has 3 atom stereocenters. The van der Waals surface area contributed by atoms with Crippen LogP contribution in [0.2, 0.25) is 0 Å². The van der Waals surface area contributed by atoms with Gasteiger partial charge < -0.3 is 14.6 Å². The van der Waals surface area contributed by atoms with Crippen LogP contribution in [0.25, 0.3) is 0 Å². The Morgan fingerprint density at radius 3 is 2.80 bits per heavy atom. The van der Waals surface area contributed by atoms with Crippen LogP contribution in [-0.4, -0.2) is 44.7 Å². The average molecular weight is 341 g/mol. The first-order valence-electron chi connectivity index (χ1n) is 9.03. The lowest BCUT2D eigenvalue weighted by Crippen LogP contribution is -2.47. The molecule has 5 heteroatoms. The van der Waals surface area contributed by atoms with Crippen LogP contribution in [-0.2, 0) is 11.2 Å². The molecule has 134 valence electrons. The molecule has 1 fully saturated rings. The van der Waals surface area contributed by atoms with E-state index in [9.17, 15) is 9.90 Å². The molecule has 0 spiro atoms. The first-order chi connectivity index (χ1) is 12.1. The number of imidazole rings is 1. The molecule has 0 radical (unpaired) electrons. The summed E-state index contributed by atoms with van der Waals surface area (Å²) in [6.45, 7) is 2.03. The number of aliphatic hydroxyl groups is 1. The van der Waals surface area contributed by atoms with Crippen LogP contribution < -0.4 is 0 Å². The first-order valence-corrected chi connectivity index (χ1v) is 9.03. The predicted molar refractivity (Wildman–Crippen MR) is 97.2 cm³/mol. The van der Waals surface area contributed by atoms with Crippen molar-refractivity contribution in [2.45, 2.75) is 57.2 Å². The topological polar surface area (TPSA) is 58.4 Å². The van der Waals surface area contributed by atoms with Gasteiger partial charge in [0.25, 0.3) is 0 Å². The summed E-state index contributed by atoms with van der Waals surface area (Å²) in [5, 5.41) is 11.0. The minimum Gasteiger partial charge on any atom is -0.389 e. The summed E-state index contributed by atoms with van der Waals surface area (Å²) < 4.78 is 1.97. The van der Waals surface area contributed by atoms with Gasteiger partial charge in [-0.05, 0) is 30.9 Å². The van der Waals surface area contributed by atoms with E-state index in [1.54, 1.807) is 17.4 Å². The average Bonchev–Trinajstić information content (AvgIpc) is 3.06. The maximum Gasteiger partial charge on any atom is 0.227 e. The maximum atomic E-state index is 12.8. The van der Waals surface area contributed by atoms with Gasteiger partial charge in [0, 0.05) is 19.4 Å². The van der Waals surface area contributed by atoms with Crippen molar-refractivity contribution in [1.29, 1.82) is 0 Å². The highest BCUT2D eigenvalue weighted by Gasteiger charge is 2.35. The van der Waals surface area contributed by atoms with Gasteiger partial charge in [0.1, 0.15) is 0 Å². The number of aromatic nitrogens is 2. The van der Waals surface area contributed by atoms with Crippen LogP contribution in [0.1, 0.15) is 42.9 Å². The predicted octanol–water partition coefficient (Wildman–Crippen LogP) is 2.74. The molecule has 1 amide bonds. The molecule has 1 N–H and O–H groups in total. The minimum absolute atomic E-state index is 0.0243. The first kappa shape index (κ1) is 17.7. The Balaban J connectivity index is 1.74. The van der Waals surface area contributed by atoms with Crippen molar-refractivity contribution in [3.8, 4) is 0 Å². The van der Waals surface area contributed by atoms with Crippen LogP contribution in [0.4, 0.5) is 0 Å². The number of carbonyl (C=O) groups is 1. The molecule has 1 aromatic carbocycles. The van der Waals surface area contributed by atoms with Gasteiger partial charge in [-0.1, -0.05) is 37.1 Å². The van der Waals surface area contributed by atoms with Crippen LogP contribution in [0.3, 0.4) is 0 Å². The van der Waals surface area contributed by atoms with E-state index in [4.69, 9.17) is 0 Å². The molecule has 1 aliphatic rings. The van der Waals surface area contributed by atoms with Crippen molar-refractivity contribution in [3.63, 3.8) is 0 Å². The summed E-state index contributed by atoms with van der Waals surface area (Å²) in [6.07, 6.45) is 9.00. The molecule has 2 aromatic rings. The smallest absolute Gasteiger partial charge is 0.227 e. The highest BCUT2D eigenvalue weighted by atomic mass is 16.3. The third-order valence-corrected chi connectivity index (χ3v) is 5.44. The zero-order valence-corrected chi connectivity index (χ0v) is 15.0. The molecule has 0 bridgehead atoms. The second-order valence-electron chi connectivity index (χ2n) is 7.03. The van der Waals surface area contributed by atoms with Gasteiger partial charge in [0.05, 0.1) is 30.9 Å². The van der Waals surface area contributed by atoms with Gasteiger partial charge in [-0.2, -0.15) is 0 Å². The highest BCUT2D eigenvalue weighted by molar-refractivity contribution is 5.79. The fraction of sp³-hybridized carbons (Fsp3) is 0.500. The summed E-state index contributed by atoms with van der Waals surface area (Å²) in [5.74, 6) is 0.0598. The van der Waals surface area contributed by atoms with Crippen molar-refractivity contribution < 1.29 is 9.90 Å². The SMILES string of the molecule is Cc1ccccc1CC(=O)N(C)[C@@H]1CCCC[C@@H](n2ccnc2)[C@@H]1O. The summed E-state index contributed by atoms with van der Waals surface area (Å²) >= 11 is 0. The molecule has 25 heavy (non-hydrogen) atoms. The lowest BCUT2D eigenvalue weighted by atomic mass is 9.99. The van der Waals surface area contributed by atoms with Gasteiger partial charge in [-0.3, -0.25) is 4.79 Å². The fourth-order valence-electron chi connectivity index (χ4n) is 3.80. The summed E-state index contributed by atoms with van der Waals surface area (Å²) in [6, 6.07) is 7.79. The number of benzene rings is 1. The zero-order chi connectivity index (χ0) is 17.8. The van der Waals surface area contributed by atoms with Gasteiger partial charge in [-0.15, -0.1) is 0 Å². The molecule has 1 aliphatic carbocycles. The lowest BCUT2D eigenvalue weighted by Gasteiger charge is -2.34. The number of hydrogen-bond acceptors (Lipinski definition) is 3. The quantitative estimate of drug-likeness (QED) is 0.870. The van der Waals surface area contributed by atoms with Crippen molar-refractivity contribution in [1.82, 2.24) is 14.5 Å². The van der Waals surface area contributed by atoms with Gasteiger partial charge in [0.15, 0.2) is 0 Å². The van der Waals surface area contributed by atoms with Crippen LogP contribution >= 0.6 is 0 Å². The Labute approximate surface area is 149 Å². The second kappa shape index (κ2) is 7.83. The van der Waals surface area contributed by atoms with Gasteiger partial charge >= 0.3 is 0 Å². The summed E-state index contributed by atoms with van der Waals surface area (Å²) in [5.41, 5.74) is 2.18. The van der Waals surface area contributed by atoms with E-state index >= 15 is 0 Å². The lowest BCUT2D eigenvalue weighted by molar-refractivity contribution is -0.134. The zero-order valence-electron chi connectivity index (χ0n) is 15.0. The summed E-state index contributed by atoms with van der Waals surface area (Å²) in [7, 11) is 1.82. The number of aryl methyl sites for hydroxylation is 1. The van der Waals surface area contributed by atoms with E-state index in [0.717, 1.165) is 36.8 Å². The number of rotatable bonds is 4. The standard InChI is InChI=1S/C20H27N3O2/c1-15-7-3-4-8-16(15)13-19(24)22(2)17-9-5-6-10-18(20(17)25)23-12-11-21-14-23/h3-4,7-8,11-12,14,17-18,20,25H,5-6,9-10,13H2,1-2H3/t17-,18-,20-/m1/s1. The molecule has 0 aliphatic heterocycles. The number of carbonyl (C=O) groups excluding carboxylic acids is 1. The van der Waals surface area contributed by atoms with E-state index in [-0.39, 0.29) is 18.0 Å². The Morgan fingerprint density at radius 2 is 2.08 bits per heavy atom. The molecule has 1 aromatic heterocycles. The van der Waals surface area contributed by atoms with E-state index in [1.807, 2.05) is 49.0 Å². The van der Waals surface area contributed by atoms with Gasteiger partial charge in [0.2, 0.25) is 5.91 Å². The maximum absolute atomic E-state index is 12.8. The molecule has 5 nitrogen and oxygen atoms in total. The molecule has 0 saturated heterocycles. The van der Waals surface area contributed by atoms with E-state index < -0.39 is 6.10 Å². The van der Waals surface area contributed by atoms with Gasteiger partial charge in [-0.25, -0.2) is 4.98 Å². The van der Waals surface area contributed by atoms with Crippen molar-refractivity contribution in [3.05, 3.63) is 54.1 Å². The largest absolute Gasteiger partial charge is 0.389 e. The Bertz CT molecular complexity index is 699. The molecule has 0 unspecified atom stereocenters. The molecule has 3 rings (SSSR count). The van der Waals surface area contributed by atoms with Crippen LogP contribution in [0.15, 0.2) is 43.0 Å². The number of aliphatic hydroxyl groups excluding tert-OH is 1. The van der Waals surface area contributed by atoms with Crippen molar-refractivity contribution in [2.75, 3.05) is 7.05 Å². The molecular weight excluding hydrogens is 314 g/mol. The normalized spacial score (nSPS) is 23.9. The third kappa shape index (κ3) is 3.93. The molecule has 1 saturated carbocycles. The van der Waals surface area contributed by atoms with E-state index in [2.05, 4.69) is 4.98 Å². The Morgan fingerprint density at radius 1 is 1.32 bits per heavy atom. The monoisotopic (exact) mass is 341 g/mol. The van der Waals surface area contributed by atoms with E-state index in [1.165, 1.54) is 0 Å². The highest BCUT2D eigenvalue weighted by Crippen LogP contribution is 2.30. The molecule has 1 heterocycles. The van der Waals surface area contributed by atoms with Crippen molar-refractivity contribution >= 4 is 5.91 Å². The number of nitrogens with zero attached hydrogens (tertiary/aromatic N) is 3. The minimum atomic E-state index is -0.581. The fourth-order valence-corrected chi connectivity index (χ4v) is 3.80. The number of likely N-dealkylation sites (N-methyl/N-ethyl adjacent to an activating group) is 1. The Hall–Kier alpha value is -2.14. The van der Waals surface area contributed by atoms with Crippen LogP contribution in [0.5, 0.6) is 0 Å². The third-order valence-electron chi connectivity index (χ3n) is 5.44. The summed E-state index contributed by atoms with van der Waals surface area (Å²) in [4.78, 5) is 18.7. The van der Waals surface area contributed by atoms with Crippen LogP contribution in [0, 0.1) is 6.92 Å². The number of hydrogen-bond donors (Lipinski definition) is 1. The number of amides is 1. The molecular formula is C20H27N3O2.